The molecular weight excluding hydrogens is 330 g/mol. The number of benzene rings is 2. The molecule has 2 rings (SSSR count). The summed E-state index contributed by atoms with van der Waals surface area (Å²) in [6.07, 6.45) is 1.41. The molecular formula is C17H16ClN3O3. The fourth-order valence-corrected chi connectivity index (χ4v) is 1.98. The SMILES string of the molecule is COc1ccccc1/C=N/NC(=O)C(=O)NCc1ccc(Cl)cc1. The summed E-state index contributed by atoms with van der Waals surface area (Å²) in [4.78, 5) is 23.4. The Morgan fingerprint density at radius 1 is 1.12 bits per heavy atom. The highest BCUT2D eigenvalue weighted by Crippen LogP contribution is 2.14. The van der Waals surface area contributed by atoms with Crippen LogP contribution in [0.5, 0.6) is 5.75 Å². The average molecular weight is 346 g/mol. The van der Waals surface area contributed by atoms with Gasteiger partial charge in [0.25, 0.3) is 0 Å². The van der Waals surface area contributed by atoms with Gasteiger partial charge in [-0.1, -0.05) is 35.9 Å². The number of amides is 2. The number of nitrogens with zero attached hydrogens (tertiary/aromatic N) is 1. The van der Waals surface area contributed by atoms with Crippen molar-refractivity contribution in [3.05, 3.63) is 64.7 Å². The van der Waals surface area contributed by atoms with E-state index in [-0.39, 0.29) is 6.54 Å². The summed E-state index contributed by atoms with van der Waals surface area (Å²) in [6, 6.07) is 14.1. The van der Waals surface area contributed by atoms with E-state index in [9.17, 15) is 9.59 Å². The van der Waals surface area contributed by atoms with E-state index in [1.165, 1.54) is 13.3 Å². The summed E-state index contributed by atoms with van der Waals surface area (Å²) in [5.41, 5.74) is 3.68. The molecule has 0 heterocycles. The molecule has 0 atom stereocenters. The van der Waals surface area contributed by atoms with Crippen molar-refractivity contribution in [2.75, 3.05) is 7.11 Å². The quantitative estimate of drug-likeness (QED) is 0.495. The van der Waals surface area contributed by atoms with Crippen LogP contribution in [0, 0.1) is 0 Å². The van der Waals surface area contributed by atoms with Crippen molar-refractivity contribution in [2.45, 2.75) is 6.54 Å². The topological polar surface area (TPSA) is 79.8 Å². The van der Waals surface area contributed by atoms with Crippen molar-refractivity contribution < 1.29 is 14.3 Å². The van der Waals surface area contributed by atoms with Crippen LogP contribution in [0.25, 0.3) is 0 Å². The molecule has 0 saturated carbocycles. The average Bonchev–Trinajstić information content (AvgIpc) is 2.61. The molecule has 0 saturated heterocycles. The molecule has 0 fully saturated rings. The van der Waals surface area contributed by atoms with Crippen molar-refractivity contribution in [1.29, 1.82) is 0 Å². The first kappa shape index (κ1) is 17.5. The molecule has 0 unspecified atom stereocenters. The predicted octanol–water partition coefficient (Wildman–Crippen LogP) is 2.12. The summed E-state index contributed by atoms with van der Waals surface area (Å²) in [7, 11) is 1.54. The van der Waals surface area contributed by atoms with Crippen LogP contribution >= 0.6 is 11.6 Å². The number of carbonyl (C=O) groups is 2. The van der Waals surface area contributed by atoms with Crippen LogP contribution in [0.15, 0.2) is 53.6 Å². The first-order valence-corrected chi connectivity index (χ1v) is 7.46. The van der Waals surface area contributed by atoms with Gasteiger partial charge in [-0.2, -0.15) is 5.10 Å². The number of ether oxygens (including phenoxy) is 1. The van der Waals surface area contributed by atoms with Gasteiger partial charge in [0.05, 0.1) is 13.3 Å². The molecule has 6 nitrogen and oxygen atoms in total. The van der Waals surface area contributed by atoms with Gasteiger partial charge in [0, 0.05) is 17.1 Å². The van der Waals surface area contributed by atoms with Crippen molar-refractivity contribution in [3.63, 3.8) is 0 Å². The minimum absolute atomic E-state index is 0.222. The van der Waals surface area contributed by atoms with Gasteiger partial charge < -0.3 is 10.1 Å². The maximum absolute atomic E-state index is 11.7. The first-order valence-electron chi connectivity index (χ1n) is 7.09. The third-order valence-corrected chi connectivity index (χ3v) is 3.33. The molecule has 124 valence electrons. The molecule has 24 heavy (non-hydrogen) atoms. The largest absolute Gasteiger partial charge is 0.496 e. The fraction of sp³-hybridized carbons (Fsp3) is 0.118. The predicted molar refractivity (Wildman–Crippen MR) is 92.0 cm³/mol. The first-order chi connectivity index (χ1) is 11.6. The lowest BCUT2D eigenvalue weighted by Crippen LogP contribution is -2.37. The fourth-order valence-electron chi connectivity index (χ4n) is 1.85. The van der Waals surface area contributed by atoms with E-state index >= 15 is 0 Å². The smallest absolute Gasteiger partial charge is 0.329 e. The summed E-state index contributed by atoms with van der Waals surface area (Å²) in [5, 5.41) is 6.86. The molecule has 2 aromatic carbocycles. The van der Waals surface area contributed by atoms with Crippen LogP contribution in [0.2, 0.25) is 5.02 Å². The summed E-state index contributed by atoms with van der Waals surface area (Å²) in [5.74, 6) is -1.01. The number of carbonyl (C=O) groups excluding carboxylic acids is 2. The number of hydrogen-bond donors (Lipinski definition) is 2. The molecule has 7 heteroatoms. The van der Waals surface area contributed by atoms with Gasteiger partial charge in [-0.15, -0.1) is 0 Å². The van der Waals surface area contributed by atoms with Crippen molar-refractivity contribution >= 4 is 29.6 Å². The Hall–Kier alpha value is -2.86. The van der Waals surface area contributed by atoms with Crippen molar-refractivity contribution in [2.24, 2.45) is 5.10 Å². The zero-order chi connectivity index (χ0) is 17.4. The minimum atomic E-state index is -0.852. The molecule has 2 N–H and O–H groups in total. The molecule has 2 aromatic rings. The van der Waals surface area contributed by atoms with E-state index in [4.69, 9.17) is 16.3 Å². The van der Waals surface area contributed by atoms with Crippen LogP contribution in [0.4, 0.5) is 0 Å². The zero-order valence-corrected chi connectivity index (χ0v) is 13.7. The number of rotatable bonds is 5. The summed E-state index contributed by atoms with van der Waals surface area (Å²) >= 11 is 5.78. The van der Waals surface area contributed by atoms with Crippen LogP contribution in [-0.2, 0) is 16.1 Å². The van der Waals surface area contributed by atoms with Crippen molar-refractivity contribution in [1.82, 2.24) is 10.7 Å². The van der Waals surface area contributed by atoms with E-state index in [0.29, 0.717) is 16.3 Å². The minimum Gasteiger partial charge on any atom is -0.496 e. The van der Waals surface area contributed by atoms with Crippen LogP contribution in [0.3, 0.4) is 0 Å². The molecule has 0 spiro atoms. The van der Waals surface area contributed by atoms with Gasteiger partial charge in [-0.05, 0) is 29.8 Å². The highest BCUT2D eigenvalue weighted by Gasteiger charge is 2.11. The Balaban J connectivity index is 1.84. The number of para-hydroxylation sites is 1. The summed E-state index contributed by atoms with van der Waals surface area (Å²) < 4.78 is 5.15. The van der Waals surface area contributed by atoms with E-state index in [0.717, 1.165) is 5.56 Å². The number of nitrogens with one attached hydrogen (secondary N) is 2. The lowest BCUT2D eigenvalue weighted by molar-refractivity contribution is -0.139. The maximum atomic E-state index is 11.7. The second-order valence-electron chi connectivity index (χ2n) is 4.75. The number of hydrazone groups is 1. The van der Waals surface area contributed by atoms with Gasteiger partial charge in [-0.25, -0.2) is 5.43 Å². The molecule has 0 aliphatic carbocycles. The Kier molecular flexibility index (Phi) is 6.33. The van der Waals surface area contributed by atoms with Gasteiger partial charge in [0.1, 0.15) is 5.75 Å². The Morgan fingerprint density at radius 2 is 1.83 bits per heavy atom. The summed E-state index contributed by atoms with van der Waals surface area (Å²) in [6.45, 7) is 0.222. The molecule has 0 aliphatic heterocycles. The number of hydrogen-bond acceptors (Lipinski definition) is 4. The lowest BCUT2D eigenvalue weighted by Gasteiger charge is -2.05. The third kappa shape index (κ3) is 5.10. The van der Waals surface area contributed by atoms with E-state index in [1.807, 2.05) is 12.1 Å². The Bertz CT molecular complexity index is 745. The molecule has 0 aromatic heterocycles. The number of methoxy groups -OCH3 is 1. The van der Waals surface area contributed by atoms with E-state index in [1.54, 1.807) is 36.4 Å². The zero-order valence-electron chi connectivity index (χ0n) is 13.0. The standard InChI is InChI=1S/C17H16ClN3O3/c1-24-15-5-3-2-4-13(15)11-20-21-17(23)16(22)19-10-12-6-8-14(18)9-7-12/h2-9,11H,10H2,1H3,(H,19,22)(H,21,23)/b20-11+. The van der Waals surface area contributed by atoms with Crippen molar-refractivity contribution in [3.8, 4) is 5.75 Å². The van der Waals surface area contributed by atoms with Gasteiger partial charge in [-0.3, -0.25) is 9.59 Å². The van der Waals surface area contributed by atoms with Crippen LogP contribution < -0.4 is 15.5 Å². The highest BCUT2D eigenvalue weighted by molar-refractivity contribution is 6.35. The van der Waals surface area contributed by atoms with Crippen LogP contribution in [0.1, 0.15) is 11.1 Å². The molecule has 0 aliphatic rings. The Morgan fingerprint density at radius 3 is 2.54 bits per heavy atom. The maximum Gasteiger partial charge on any atom is 0.329 e. The second kappa shape index (κ2) is 8.69. The molecule has 0 bridgehead atoms. The van der Waals surface area contributed by atoms with E-state index < -0.39 is 11.8 Å². The normalized spacial score (nSPS) is 10.4. The highest BCUT2D eigenvalue weighted by atomic mass is 35.5. The van der Waals surface area contributed by atoms with Gasteiger partial charge in [0.15, 0.2) is 0 Å². The Labute approximate surface area is 144 Å². The molecule has 0 radical (unpaired) electrons. The molecule has 2 amide bonds. The lowest BCUT2D eigenvalue weighted by atomic mass is 10.2. The third-order valence-electron chi connectivity index (χ3n) is 3.08. The number of halogens is 1. The van der Waals surface area contributed by atoms with Gasteiger partial charge >= 0.3 is 11.8 Å². The van der Waals surface area contributed by atoms with Gasteiger partial charge in [0.2, 0.25) is 0 Å². The van der Waals surface area contributed by atoms with E-state index in [2.05, 4.69) is 15.8 Å². The second-order valence-corrected chi connectivity index (χ2v) is 5.19. The monoisotopic (exact) mass is 345 g/mol. The van der Waals surface area contributed by atoms with Crippen LogP contribution in [-0.4, -0.2) is 25.1 Å².